The number of aliphatic carboxylic acids is 1. The molecule has 6 nitrogen and oxygen atoms in total. The molecule has 0 saturated carbocycles. The van der Waals surface area contributed by atoms with Gasteiger partial charge in [-0.15, -0.1) is 0 Å². The zero-order chi connectivity index (χ0) is 22.5. The largest absolute Gasteiger partial charge is 0.481 e. The lowest BCUT2D eigenvalue weighted by Crippen LogP contribution is -2.26. The van der Waals surface area contributed by atoms with Gasteiger partial charge < -0.3 is 20.9 Å². The number of carbonyl (C=O) groups is 2. The van der Waals surface area contributed by atoms with Crippen LogP contribution in [0.3, 0.4) is 0 Å². The van der Waals surface area contributed by atoms with Crippen LogP contribution in [0.15, 0.2) is 0 Å². The van der Waals surface area contributed by atoms with Gasteiger partial charge in [-0.1, -0.05) is 56.0 Å². The molecule has 1 amide bonds. The Hall–Kier alpha value is 0.260. The third-order valence-corrected chi connectivity index (χ3v) is 10.4. The van der Waals surface area contributed by atoms with E-state index >= 15 is 0 Å². The molecule has 0 spiro atoms. The summed E-state index contributed by atoms with van der Waals surface area (Å²) in [6, 6.07) is 0. The summed E-state index contributed by atoms with van der Waals surface area (Å²) in [7, 11) is 11.1. The topological polar surface area (TPSA) is 102 Å². The van der Waals surface area contributed by atoms with E-state index in [0.717, 1.165) is 29.8 Å². The van der Waals surface area contributed by atoms with Crippen LogP contribution in [0.4, 0.5) is 0 Å². The third-order valence-electron chi connectivity index (χ3n) is 4.43. The summed E-state index contributed by atoms with van der Waals surface area (Å²) in [5.74, 6) is 2.06. The lowest BCUT2D eigenvalue weighted by molar-refractivity contribution is -0.137. The number of unbranched alkanes of at least 4 members (excludes halogenated alkanes) is 2. The monoisotopic (exact) mass is 503 g/mol. The van der Waals surface area contributed by atoms with Crippen LogP contribution in [-0.2, 0) is 14.3 Å². The Morgan fingerprint density at radius 3 is 1.97 bits per heavy atom. The molecule has 10 heteroatoms. The molecule has 0 bridgehead atoms. The first-order chi connectivity index (χ1) is 14.6. The van der Waals surface area contributed by atoms with Gasteiger partial charge in [0, 0.05) is 49.9 Å². The van der Waals surface area contributed by atoms with E-state index in [9.17, 15) is 9.59 Å². The van der Waals surface area contributed by atoms with E-state index in [2.05, 4.69) is 11.1 Å². The average Bonchev–Trinajstić information content (AvgIpc) is 3.45. The number of carboxylic acid groups (broad SMARTS) is 1. The Morgan fingerprint density at radius 1 is 1.00 bits per heavy atom. The van der Waals surface area contributed by atoms with Gasteiger partial charge in [0.2, 0.25) is 5.91 Å². The predicted octanol–water partition coefficient (Wildman–Crippen LogP) is 5.07. The van der Waals surface area contributed by atoms with Crippen molar-refractivity contribution in [3.63, 3.8) is 0 Å². The number of nitrogens with two attached hydrogens (primary N) is 1. The highest BCUT2D eigenvalue weighted by molar-refractivity contribution is 8.77. The van der Waals surface area contributed by atoms with Crippen molar-refractivity contribution in [3.8, 4) is 0 Å². The van der Waals surface area contributed by atoms with Gasteiger partial charge in [0.15, 0.2) is 0 Å². The molecule has 2 atom stereocenters. The summed E-state index contributed by atoms with van der Waals surface area (Å²) in [5.41, 5.74) is 4.50. The van der Waals surface area contributed by atoms with Gasteiger partial charge in [0.05, 0.1) is 6.61 Å². The Bertz CT molecular complexity index is 428. The van der Waals surface area contributed by atoms with Crippen molar-refractivity contribution in [2.75, 3.05) is 38.8 Å². The van der Waals surface area contributed by atoms with Gasteiger partial charge in [-0.2, -0.15) is 0 Å². The Morgan fingerprint density at radius 2 is 1.53 bits per heavy atom. The summed E-state index contributed by atoms with van der Waals surface area (Å²) >= 11 is 0. The smallest absolute Gasteiger partial charge is 0.303 e. The van der Waals surface area contributed by atoms with E-state index in [1.165, 1.54) is 50.7 Å². The molecule has 2 heterocycles. The highest BCUT2D eigenvalue weighted by Gasteiger charge is 2.16. The number of methoxy groups -OCH3 is 1. The van der Waals surface area contributed by atoms with E-state index in [1.54, 1.807) is 7.11 Å². The SMILES string of the molecule is CN.COCCNC(=O)CCCC[C@@H]1CCSS1.O=C(O)CCCC[C@@H]1CCSS1.[2HH]. The minimum atomic E-state index is -0.663. The number of ether oxygens (including phenoxy) is 1. The zero-order valence-electron chi connectivity index (χ0n) is 18.4. The lowest BCUT2D eigenvalue weighted by atomic mass is 10.1. The Balaban J connectivity index is 0. The second-order valence-corrected chi connectivity index (χ2v) is 12.5. The van der Waals surface area contributed by atoms with Crippen molar-refractivity contribution in [2.24, 2.45) is 5.73 Å². The van der Waals surface area contributed by atoms with Crippen molar-refractivity contribution in [1.29, 1.82) is 0 Å². The fourth-order valence-corrected chi connectivity index (χ4v) is 8.87. The van der Waals surface area contributed by atoms with Crippen LogP contribution in [0.2, 0.25) is 0 Å². The molecule has 0 aromatic carbocycles. The summed E-state index contributed by atoms with van der Waals surface area (Å²) in [6.07, 6.45) is 10.2. The van der Waals surface area contributed by atoms with E-state index < -0.39 is 5.97 Å². The summed E-state index contributed by atoms with van der Waals surface area (Å²) in [5, 5.41) is 12.9. The number of hydrogen-bond donors (Lipinski definition) is 3. The van der Waals surface area contributed by atoms with E-state index in [4.69, 9.17) is 9.84 Å². The molecule has 30 heavy (non-hydrogen) atoms. The molecule has 0 radical (unpaired) electrons. The van der Waals surface area contributed by atoms with Crippen LogP contribution >= 0.6 is 43.2 Å². The van der Waals surface area contributed by atoms with Crippen LogP contribution in [0, 0.1) is 0 Å². The lowest BCUT2D eigenvalue weighted by Gasteiger charge is -2.07. The molecule has 2 saturated heterocycles. The van der Waals surface area contributed by atoms with Crippen LogP contribution in [0.25, 0.3) is 0 Å². The van der Waals surface area contributed by atoms with E-state index in [0.29, 0.717) is 26.0 Å². The number of hydrogen-bond acceptors (Lipinski definition) is 8. The molecule has 180 valence electrons. The third kappa shape index (κ3) is 19.0. The second-order valence-electron chi connectivity index (χ2n) is 6.89. The predicted molar refractivity (Wildman–Crippen MR) is 139 cm³/mol. The second kappa shape index (κ2) is 22.5. The number of nitrogens with one attached hydrogen (secondary N) is 1. The molecule has 0 aromatic rings. The fourth-order valence-electron chi connectivity index (χ4n) is 2.82. The molecule has 2 fully saturated rings. The first-order valence-corrected chi connectivity index (χ1v) is 15.5. The maximum Gasteiger partial charge on any atom is 0.303 e. The molecule has 0 aliphatic carbocycles. The van der Waals surface area contributed by atoms with Gasteiger partial charge >= 0.3 is 5.97 Å². The van der Waals surface area contributed by atoms with Crippen molar-refractivity contribution in [2.45, 2.75) is 74.7 Å². The first-order valence-electron chi connectivity index (χ1n) is 10.7. The first kappa shape index (κ1) is 30.3. The molecule has 2 aliphatic rings. The maximum absolute atomic E-state index is 11.3. The summed E-state index contributed by atoms with van der Waals surface area (Å²) < 4.78 is 4.87. The van der Waals surface area contributed by atoms with Crippen molar-refractivity contribution >= 4 is 55.1 Å². The maximum atomic E-state index is 11.3. The quantitative estimate of drug-likeness (QED) is 0.235. The fraction of sp³-hybridized carbons (Fsp3) is 0.900. The minimum Gasteiger partial charge on any atom is -0.481 e. The number of carbonyl (C=O) groups excluding carboxylic acids is 1. The average molecular weight is 504 g/mol. The zero-order valence-corrected chi connectivity index (χ0v) is 21.7. The standard InChI is InChI=1S/C11H21NO2S2.C8H14O2S2.CH5N.H2/c1-14-8-7-12-11(13)5-3-2-4-10-6-9-15-16-10;9-8(10)4-2-1-3-7-5-6-11-12-7;1-2;/h10H,2-9H2,1H3,(H,12,13);7H,1-6H2,(H,9,10);2H2,1H3;1H/t10-;7-;;/m11../s1/i;;;1+1. The molecule has 0 unspecified atom stereocenters. The molecular formula is C20H42N2O4S4. The van der Waals surface area contributed by atoms with E-state index in [1.807, 2.05) is 43.2 Å². The summed E-state index contributed by atoms with van der Waals surface area (Å²) in [4.78, 5) is 21.5. The van der Waals surface area contributed by atoms with Crippen LogP contribution in [0.1, 0.15) is 65.6 Å². The van der Waals surface area contributed by atoms with Crippen molar-refractivity contribution in [3.05, 3.63) is 0 Å². The van der Waals surface area contributed by atoms with Crippen LogP contribution < -0.4 is 11.1 Å². The number of amides is 1. The normalized spacial score (nSPS) is 20.0. The molecular weight excluding hydrogens is 460 g/mol. The van der Waals surface area contributed by atoms with Crippen LogP contribution in [0.5, 0.6) is 0 Å². The highest BCUT2D eigenvalue weighted by Crippen LogP contribution is 2.40. The molecule has 4 N–H and O–H groups in total. The van der Waals surface area contributed by atoms with Gasteiger partial charge in [-0.25, -0.2) is 0 Å². The van der Waals surface area contributed by atoms with Gasteiger partial charge in [-0.05, 0) is 45.6 Å². The van der Waals surface area contributed by atoms with Crippen molar-refractivity contribution in [1.82, 2.24) is 5.32 Å². The Kier molecular flexibility index (Phi) is 22.6. The van der Waals surface area contributed by atoms with Crippen molar-refractivity contribution < 1.29 is 20.9 Å². The Labute approximate surface area is 200 Å². The van der Waals surface area contributed by atoms with Gasteiger partial charge in [-0.3, -0.25) is 9.59 Å². The molecule has 2 rings (SSSR count). The minimum absolute atomic E-state index is 0. The molecule has 0 aromatic heterocycles. The molecule has 2 aliphatic heterocycles. The van der Waals surface area contributed by atoms with Crippen LogP contribution in [-0.4, -0.2) is 66.3 Å². The number of rotatable bonds is 13. The number of carboxylic acids is 1. The highest BCUT2D eigenvalue weighted by atomic mass is 33.1. The van der Waals surface area contributed by atoms with Gasteiger partial charge in [0.1, 0.15) is 0 Å². The van der Waals surface area contributed by atoms with Gasteiger partial charge in [0.25, 0.3) is 0 Å². The summed E-state index contributed by atoms with van der Waals surface area (Å²) in [6.45, 7) is 1.23. The van der Waals surface area contributed by atoms with E-state index in [-0.39, 0.29) is 7.33 Å².